The van der Waals surface area contributed by atoms with E-state index in [9.17, 15) is 0 Å². The Labute approximate surface area is 136 Å². The van der Waals surface area contributed by atoms with Crippen molar-refractivity contribution in [2.24, 2.45) is 0 Å². The summed E-state index contributed by atoms with van der Waals surface area (Å²) in [5.41, 5.74) is 9.15. The number of hydrogen-bond acceptors (Lipinski definition) is 0. The van der Waals surface area contributed by atoms with Crippen molar-refractivity contribution < 1.29 is 0 Å². The Balaban J connectivity index is 2.68. The molecule has 118 valence electrons. The largest absolute Gasteiger partial charge is 0.0651 e. The Morgan fingerprint density at radius 2 is 1.32 bits per heavy atom. The van der Waals surface area contributed by atoms with Gasteiger partial charge in [-0.3, -0.25) is 0 Å². The maximum Gasteiger partial charge on any atom is -0.0120 e. The molecule has 2 aromatic rings. The minimum atomic E-state index is 1.19. The summed E-state index contributed by atoms with van der Waals surface area (Å²) < 4.78 is 0. The van der Waals surface area contributed by atoms with Crippen LogP contribution in [0.1, 0.15) is 62.3 Å². The summed E-state index contributed by atoms with van der Waals surface area (Å²) in [4.78, 5) is 0. The third-order valence-electron chi connectivity index (χ3n) is 4.42. The second kappa shape index (κ2) is 8.17. The molecule has 0 aliphatic rings. The van der Waals surface area contributed by atoms with E-state index < -0.39 is 0 Å². The first-order valence-corrected chi connectivity index (χ1v) is 8.92. The molecule has 0 atom stereocenters. The first kappa shape index (κ1) is 16.8. The van der Waals surface area contributed by atoms with Gasteiger partial charge in [0.25, 0.3) is 0 Å². The van der Waals surface area contributed by atoms with E-state index in [4.69, 9.17) is 0 Å². The highest BCUT2D eigenvalue weighted by Crippen LogP contribution is 2.34. The zero-order valence-electron chi connectivity index (χ0n) is 14.7. The van der Waals surface area contributed by atoms with Crippen molar-refractivity contribution in [3.63, 3.8) is 0 Å². The fraction of sp³-hybridized carbons (Fsp3) is 0.455. The van der Waals surface area contributed by atoms with Crippen LogP contribution in [0.5, 0.6) is 0 Å². The molecular weight excluding hydrogens is 264 g/mol. The van der Waals surface area contributed by atoms with Crippen LogP contribution in [0.15, 0.2) is 36.4 Å². The van der Waals surface area contributed by atoms with Gasteiger partial charge in [0.2, 0.25) is 0 Å². The summed E-state index contributed by atoms with van der Waals surface area (Å²) in [5, 5.41) is 0. The van der Waals surface area contributed by atoms with Crippen LogP contribution in [0.4, 0.5) is 0 Å². The highest BCUT2D eigenvalue weighted by Gasteiger charge is 2.16. The standard InChI is InChI=1S/C22H30/c1-5-11-19-16-17(4)22(18-14-9-8-10-15-18)21(13-7-3)20(19)12-6-2/h8-10,14-16H,5-7,11-13H2,1-4H3. The molecule has 0 saturated carbocycles. The summed E-state index contributed by atoms with van der Waals surface area (Å²) in [7, 11) is 0. The van der Waals surface area contributed by atoms with Crippen LogP contribution >= 0.6 is 0 Å². The maximum atomic E-state index is 2.45. The SMILES string of the molecule is CCCc1cc(C)c(-c2ccccc2)c(CCC)c1CCC. The van der Waals surface area contributed by atoms with Crippen LogP contribution < -0.4 is 0 Å². The summed E-state index contributed by atoms with van der Waals surface area (Å²) in [6.45, 7) is 9.17. The van der Waals surface area contributed by atoms with Gasteiger partial charge >= 0.3 is 0 Å². The van der Waals surface area contributed by atoms with E-state index in [1.165, 1.54) is 55.2 Å². The molecule has 0 heterocycles. The van der Waals surface area contributed by atoms with Crippen LogP contribution in [0, 0.1) is 6.92 Å². The molecule has 0 amide bonds. The van der Waals surface area contributed by atoms with Gasteiger partial charge in [0.15, 0.2) is 0 Å². The van der Waals surface area contributed by atoms with E-state index in [1.54, 1.807) is 16.7 Å². The molecule has 0 spiro atoms. The van der Waals surface area contributed by atoms with E-state index in [2.05, 4.69) is 64.1 Å². The molecule has 0 radical (unpaired) electrons. The van der Waals surface area contributed by atoms with Gasteiger partial charge in [-0.1, -0.05) is 76.4 Å². The Kier molecular flexibility index (Phi) is 6.24. The topological polar surface area (TPSA) is 0 Å². The Morgan fingerprint density at radius 3 is 1.91 bits per heavy atom. The molecule has 2 rings (SSSR count). The minimum absolute atomic E-state index is 1.19. The number of rotatable bonds is 7. The fourth-order valence-corrected chi connectivity index (χ4v) is 3.59. The van der Waals surface area contributed by atoms with Gasteiger partial charge in [0.05, 0.1) is 0 Å². The molecule has 0 saturated heterocycles. The average Bonchev–Trinajstić information content (AvgIpc) is 2.52. The maximum absolute atomic E-state index is 2.45. The third-order valence-corrected chi connectivity index (χ3v) is 4.42. The van der Waals surface area contributed by atoms with Crippen LogP contribution in [-0.4, -0.2) is 0 Å². The van der Waals surface area contributed by atoms with Crippen molar-refractivity contribution in [2.75, 3.05) is 0 Å². The molecule has 0 aliphatic carbocycles. The van der Waals surface area contributed by atoms with Gasteiger partial charge in [0.1, 0.15) is 0 Å². The smallest absolute Gasteiger partial charge is 0.0120 e. The lowest BCUT2D eigenvalue weighted by atomic mass is 9.83. The fourth-order valence-electron chi connectivity index (χ4n) is 3.59. The third kappa shape index (κ3) is 3.61. The Morgan fingerprint density at radius 1 is 0.727 bits per heavy atom. The molecule has 0 unspecified atom stereocenters. The van der Waals surface area contributed by atoms with Gasteiger partial charge in [-0.25, -0.2) is 0 Å². The van der Waals surface area contributed by atoms with Crippen molar-refractivity contribution >= 4 is 0 Å². The zero-order chi connectivity index (χ0) is 15.9. The van der Waals surface area contributed by atoms with Crippen molar-refractivity contribution in [3.8, 4) is 11.1 Å². The minimum Gasteiger partial charge on any atom is -0.0651 e. The molecule has 0 heteroatoms. The average molecular weight is 294 g/mol. The monoisotopic (exact) mass is 294 g/mol. The van der Waals surface area contributed by atoms with Gasteiger partial charge in [-0.2, -0.15) is 0 Å². The lowest BCUT2D eigenvalue weighted by Gasteiger charge is -2.21. The number of benzene rings is 2. The molecular formula is C22H30. The normalized spacial score (nSPS) is 10.9. The predicted molar refractivity (Wildman–Crippen MR) is 98.6 cm³/mol. The van der Waals surface area contributed by atoms with Gasteiger partial charge in [-0.05, 0) is 59.6 Å². The van der Waals surface area contributed by atoms with Crippen LogP contribution in [0.25, 0.3) is 11.1 Å². The summed E-state index contributed by atoms with van der Waals surface area (Å²) in [6.07, 6.45) is 7.29. The summed E-state index contributed by atoms with van der Waals surface area (Å²) >= 11 is 0. The molecule has 2 aromatic carbocycles. The summed E-state index contributed by atoms with van der Waals surface area (Å²) in [6, 6.07) is 13.4. The lowest BCUT2D eigenvalue weighted by molar-refractivity contribution is 0.825. The number of hydrogen-bond donors (Lipinski definition) is 0. The molecule has 22 heavy (non-hydrogen) atoms. The highest BCUT2D eigenvalue weighted by atomic mass is 14.2. The lowest BCUT2D eigenvalue weighted by Crippen LogP contribution is -2.05. The van der Waals surface area contributed by atoms with Crippen LogP contribution in [0.2, 0.25) is 0 Å². The molecule has 0 nitrogen and oxygen atoms in total. The molecule has 0 aromatic heterocycles. The predicted octanol–water partition coefficient (Wildman–Crippen LogP) is 6.52. The second-order valence-corrected chi connectivity index (χ2v) is 6.30. The van der Waals surface area contributed by atoms with Crippen molar-refractivity contribution in [2.45, 2.75) is 66.2 Å². The van der Waals surface area contributed by atoms with E-state index in [0.717, 1.165) is 0 Å². The highest BCUT2D eigenvalue weighted by molar-refractivity contribution is 5.73. The van der Waals surface area contributed by atoms with E-state index in [0.29, 0.717) is 0 Å². The second-order valence-electron chi connectivity index (χ2n) is 6.30. The number of aryl methyl sites for hydroxylation is 2. The van der Waals surface area contributed by atoms with E-state index >= 15 is 0 Å². The van der Waals surface area contributed by atoms with Crippen molar-refractivity contribution in [1.29, 1.82) is 0 Å². The van der Waals surface area contributed by atoms with Crippen molar-refractivity contribution in [1.82, 2.24) is 0 Å². The van der Waals surface area contributed by atoms with Crippen molar-refractivity contribution in [3.05, 3.63) is 58.7 Å². The van der Waals surface area contributed by atoms with Gasteiger partial charge in [0, 0.05) is 0 Å². The van der Waals surface area contributed by atoms with Gasteiger partial charge in [-0.15, -0.1) is 0 Å². The van der Waals surface area contributed by atoms with Crippen LogP contribution in [-0.2, 0) is 19.3 Å². The molecule has 0 aliphatic heterocycles. The van der Waals surface area contributed by atoms with E-state index in [-0.39, 0.29) is 0 Å². The quantitative estimate of drug-likeness (QED) is 0.545. The first-order valence-electron chi connectivity index (χ1n) is 8.92. The van der Waals surface area contributed by atoms with E-state index in [1.807, 2.05) is 0 Å². The molecule has 0 N–H and O–H groups in total. The summed E-state index contributed by atoms with van der Waals surface area (Å²) in [5.74, 6) is 0. The zero-order valence-corrected chi connectivity index (χ0v) is 14.7. The Bertz CT molecular complexity index is 593. The van der Waals surface area contributed by atoms with Gasteiger partial charge < -0.3 is 0 Å². The molecule has 0 fully saturated rings. The Hall–Kier alpha value is -1.56. The van der Waals surface area contributed by atoms with Crippen LogP contribution in [0.3, 0.4) is 0 Å². The first-order chi connectivity index (χ1) is 10.7. The molecule has 0 bridgehead atoms.